The van der Waals surface area contributed by atoms with Gasteiger partial charge in [-0.15, -0.1) is 0 Å². The van der Waals surface area contributed by atoms with Gasteiger partial charge >= 0.3 is 0 Å². The van der Waals surface area contributed by atoms with E-state index in [1.165, 1.54) is 20.3 Å². The van der Waals surface area contributed by atoms with Gasteiger partial charge in [0.25, 0.3) is 0 Å². The summed E-state index contributed by atoms with van der Waals surface area (Å²) >= 11 is 3.21. The fraction of sp³-hybridized carbons (Fsp3) is 0.273. The number of halogens is 1. The van der Waals surface area contributed by atoms with E-state index in [0.717, 1.165) is 0 Å². The molecule has 0 radical (unpaired) electrons. The standard InChI is InChI=1S/C11H12BrNO4/c1-16-10-6(5-14)3-7(12)9(8(15)4-13)11(10)17-2/h3,5H,4,13H2,1-2H3. The van der Waals surface area contributed by atoms with Gasteiger partial charge in [0, 0.05) is 4.47 Å². The first-order valence-corrected chi connectivity index (χ1v) is 5.52. The molecule has 2 N–H and O–H groups in total. The Morgan fingerprint density at radius 1 is 1.41 bits per heavy atom. The van der Waals surface area contributed by atoms with E-state index in [1.807, 2.05) is 0 Å². The normalized spacial score (nSPS) is 9.88. The zero-order chi connectivity index (χ0) is 13.0. The molecule has 0 bridgehead atoms. The SMILES string of the molecule is COc1c(C=O)cc(Br)c(C(=O)CN)c1OC. The summed E-state index contributed by atoms with van der Waals surface area (Å²) in [5.74, 6) is 0.131. The fourth-order valence-electron chi connectivity index (χ4n) is 1.48. The Bertz CT molecular complexity index is 459. The molecular formula is C11H12BrNO4. The van der Waals surface area contributed by atoms with Crippen molar-refractivity contribution in [3.05, 3.63) is 21.7 Å². The van der Waals surface area contributed by atoms with Crippen molar-refractivity contribution in [3.63, 3.8) is 0 Å². The summed E-state index contributed by atoms with van der Waals surface area (Å²) in [7, 11) is 2.79. The van der Waals surface area contributed by atoms with Crippen LogP contribution in [0.1, 0.15) is 20.7 Å². The summed E-state index contributed by atoms with van der Waals surface area (Å²) in [4.78, 5) is 22.6. The van der Waals surface area contributed by atoms with Crippen molar-refractivity contribution in [1.82, 2.24) is 0 Å². The summed E-state index contributed by atoms with van der Waals surface area (Å²) in [6.07, 6.45) is 0.628. The van der Waals surface area contributed by atoms with E-state index in [0.29, 0.717) is 16.3 Å². The third-order valence-electron chi connectivity index (χ3n) is 2.22. The molecule has 17 heavy (non-hydrogen) atoms. The van der Waals surface area contributed by atoms with Crippen molar-refractivity contribution in [3.8, 4) is 11.5 Å². The van der Waals surface area contributed by atoms with Crippen LogP contribution in [-0.2, 0) is 0 Å². The first kappa shape index (κ1) is 13.7. The molecule has 0 saturated heterocycles. The van der Waals surface area contributed by atoms with Gasteiger partial charge in [0.15, 0.2) is 23.6 Å². The Kier molecular flexibility index (Phi) is 4.65. The lowest BCUT2D eigenvalue weighted by Gasteiger charge is -2.15. The molecule has 0 spiro atoms. The number of carbonyl (C=O) groups excluding carboxylic acids is 2. The molecule has 92 valence electrons. The Balaban J connectivity index is 3.60. The highest BCUT2D eigenvalue weighted by atomic mass is 79.9. The first-order chi connectivity index (χ1) is 8.10. The molecule has 0 aromatic heterocycles. The lowest BCUT2D eigenvalue weighted by Crippen LogP contribution is -2.16. The van der Waals surface area contributed by atoms with Gasteiger partial charge in [-0.25, -0.2) is 0 Å². The number of hydrogen-bond acceptors (Lipinski definition) is 5. The number of Topliss-reactive ketones (excluding diaryl/α,β-unsaturated/α-hetero) is 1. The lowest BCUT2D eigenvalue weighted by molar-refractivity contribution is 0.0995. The maximum Gasteiger partial charge on any atom is 0.181 e. The highest BCUT2D eigenvalue weighted by molar-refractivity contribution is 9.10. The van der Waals surface area contributed by atoms with Gasteiger partial charge in [-0.1, -0.05) is 0 Å². The van der Waals surface area contributed by atoms with Gasteiger partial charge in [0.2, 0.25) is 0 Å². The predicted molar refractivity (Wildman–Crippen MR) is 66.0 cm³/mol. The number of carbonyl (C=O) groups is 2. The molecule has 6 heteroatoms. The fourth-order valence-corrected chi connectivity index (χ4v) is 2.13. The van der Waals surface area contributed by atoms with E-state index in [2.05, 4.69) is 15.9 Å². The van der Waals surface area contributed by atoms with E-state index in [-0.39, 0.29) is 29.4 Å². The Labute approximate surface area is 107 Å². The molecule has 0 atom stereocenters. The summed E-state index contributed by atoms with van der Waals surface area (Å²) in [5, 5.41) is 0. The maximum atomic E-state index is 11.7. The average Bonchev–Trinajstić information content (AvgIpc) is 2.36. The molecule has 0 saturated carbocycles. The van der Waals surface area contributed by atoms with Crippen LogP contribution >= 0.6 is 15.9 Å². The topological polar surface area (TPSA) is 78.6 Å². The zero-order valence-electron chi connectivity index (χ0n) is 9.45. The molecule has 0 aliphatic heterocycles. The zero-order valence-corrected chi connectivity index (χ0v) is 11.0. The lowest BCUT2D eigenvalue weighted by atomic mass is 10.1. The second-order valence-corrected chi connectivity index (χ2v) is 3.99. The molecule has 1 aromatic carbocycles. The van der Waals surface area contributed by atoms with Gasteiger partial charge in [-0.2, -0.15) is 0 Å². The van der Waals surface area contributed by atoms with E-state index in [4.69, 9.17) is 15.2 Å². The van der Waals surface area contributed by atoms with Gasteiger partial charge in [0.1, 0.15) is 0 Å². The van der Waals surface area contributed by atoms with Crippen LogP contribution in [0.15, 0.2) is 10.5 Å². The second-order valence-electron chi connectivity index (χ2n) is 3.13. The van der Waals surface area contributed by atoms with Crippen LogP contribution in [0.4, 0.5) is 0 Å². The largest absolute Gasteiger partial charge is 0.492 e. The molecule has 1 rings (SSSR count). The highest BCUT2D eigenvalue weighted by Crippen LogP contribution is 2.38. The minimum absolute atomic E-state index is 0.154. The Morgan fingerprint density at radius 2 is 2.00 bits per heavy atom. The molecule has 0 unspecified atom stereocenters. The van der Waals surface area contributed by atoms with Gasteiger partial charge < -0.3 is 15.2 Å². The summed E-state index contributed by atoms with van der Waals surface area (Å²) < 4.78 is 10.7. The minimum atomic E-state index is -0.301. The van der Waals surface area contributed by atoms with E-state index in [1.54, 1.807) is 0 Å². The van der Waals surface area contributed by atoms with Crippen molar-refractivity contribution >= 4 is 28.0 Å². The smallest absolute Gasteiger partial charge is 0.181 e. The first-order valence-electron chi connectivity index (χ1n) is 4.73. The average molecular weight is 302 g/mol. The molecular weight excluding hydrogens is 290 g/mol. The van der Waals surface area contributed by atoms with Crippen molar-refractivity contribution in [1.29, 1.82) is 0 Å². The number of benzene rings is 1. The van der Waals surface area contributed by atoms with Gasteiger partial charge in [-0.05, 0) is 22.0 Å². The van der Waals surface area contributed by atoms with E-state index in [9.17, 15) is 9.59 Å². The van der Waals surface area contributed by atoms with Crippen LogP contribution in [0.3, 0.4) is 0 Å². The molecule has 0 aliphatic rings. The van der Waals surface area contributed by atoms with Crippen LogP contribution < -0.4 is 15.2 Å². The molecule has 5 nitrogen and oxygen atoms in total. The van der Waals surface area contributed by atoms with Crippen molar-refractivity contribution < 1.29 is 19.1 Å². The third kappa shape index (κ3) is 2.48. The number of ketones is 1. The Morgan fingerprint density at radius 3 is 2.41 bits per heavy atom. The Hall–Kier alpha value is -1.40. The number of rotatable bonds is 5. The maximum absolute atomic E-state index is 11.7. The van der Waals surface area contributed by atoms with Gasteiger partial charge in [0.05, 0.1) is 31.9 Å². The summed E-state index contributed by atoms with van der Waals surface area (Å²) in [6, 6.07) is 1.50. The number of nitrogens with two attached hydrogens (primary N) is 1. The summed E-state index contributed by atoms with van der Waals surface area (Å²) in [6.45, 7) is -0.154. The minimum Gasteiger partial charge on any atom is -0.492 e. The van der Waals surface area contributed by atoms with Gasteiger partial charge in [-0.3, -0.25) is 9.59 Å². The van der Waals surface area contributed by atoms with Crippen molar-refractivity contribution in [2.75, 3.05) is 20.8 Å². The number of methoxy groups -OCH3 is 2. The summed E-state index contributed by atoms with van der Waals surface area (Å²) in [5.41, 5.74) is 5.89. The van der Waals surface area contributed by atoms with E-state index >= 15 is 0 Å². The molecule has 0 heterocycles. The molecule has 0 amide bonds. The second kappa shape index (κ2) is 5.79. The van der Waals surface area contributed by atoms with Crippen LogP contribution in [0.25, 0.3) is 0 Å². The number of ether oxygens (including phenoxy) is 2. The molecule has 1 aromatic rings. The van der Waals surface area contributed by atoms with E-state index < -0.39 is 0 Å². The number of hydrogen-bond donors (Lipinski definition) is 1. The number of aldehydes is 1. The van der Waals surface area contributed by atoms with Crippen molar-refractivity contribution in [2.45, 2.75) is 0 Å². The highest BCUT2D eigenvalue weighted by Gasteiger charge is 2.22. The quantitative estimate of drug-likeness (QED) is 0.657. The predicted octanol–water partition coefficient (Wildman–Crippen LogP) is 1.42. The molecule has 0 aliphatic carbocycles. The monoisotopic (exact) mass is 301 g/mol. The van der Waals surface area contributed by atoms with Crippen LogP contribution in [0, 0.1) is 0 Å². The van der Waals surface area contributed by atoms with Crippen molar-refractivity contribution in [2.24, 2.45) is 5.73 Å². The third-order valence-corrected chi connectivity index (χ3v) is 2.84. The van der Waals surface area contributed by atoms with Crippen LogP contribution in [0.2, 0.25) is 0 Å². The van der Waals surface area contributed by atoms with Crippen LogP contribution in [-0.4, -0.2) is 32.8 Å². The van der Waals surface area contributed by atoms with Crippen LogP contribution in [0.5, 0.6) is 11.5 Å². The molecule has 0 fully saturated rings.